The summed E-state index contributed by atoms with van der Waals surface area (Å²) in [7, 11) is 0. The Morgan fingerprint density at radius 2 is 1.80 bits per heavy atom. The van der Waals surface area contributed by atoms with E-state index in [1.807, 2.05) is 0 Å². The summed E-state index contributed by atoms with van der Waals surface area (Å²) in [6, 6.07) is 6.33. The summed E-state index contributed by atoms with van der Waals surface area (Å²) in [6.45, 7) is 6.63. The van der Waals surface area contributed by atoms with Crippen LogP contribution in [0.3, 0.4) is 0 Å². The number of carboxylic acid groups (broad SMARTS) is 1. The molecule has 1 aliphatic carbocycles. The number of carbonyl (C=O) groups is 1. The molecular weight excluding hydrogens is 255 g/mol. The van der Waals surface area contributed by atoms with Crippen LogP contribution >= 0.6 is 0 Å². The minimum atomic E-state index is -0.730. The fourth-order valence-corrected chi connectivity index (χ4v) is 3.33. The summed E-state index contributed by atoms with van der Waals surface area (Å²) in [5.74, 6) is -0.853. The Bertz CT molecular complexity index is 473. The third-order valence-electron chi connectivity index (χ3n) is 4.69. The van der Waals surface area contributed by atoms with Gasteiger partial charge in [-0.15, -0.1) is 0 Å². The molecule has 2 rings (SSSR count). The number of halogens is 1. The minimum Gasteiger partial charge on any atom is -0.481 e. The van der Waals surface area contributed by atoms with Gasteiger partial charge in [-0.25, -0.2) is 4.39 Å². The van der Waals surface area contributed by atoms with Crippen LogP contribution in [-0.2, 0) is 4.79 Å². The lowest BCUT2D eigenvalue weighted by Gasteiger charge is -2.40. The molecule has 3 atom stereocenters. The quantitative estimate of drug-likeness (QED) is 0.867. The van der Waals surface area contributed by atoms with Crippen LogP contribution in [0.1, 0.15) is 51.5 Å². The van der Waals surface area contributed by atoms with Crippen molar-refractivity contribution in [2.75, 3.05) is 0 Å². The highest BCUT2D eigenvalue weighted by atomic mass is 19.1. The number of rotatable bonds is 2. The lowest BCUT2D eigenvalue weighted by atomic mass is 9.64. The largest absolute Gasteiger partial charge is 0.481 e. The SMILES string of the molecule is CC(C)(C)C1CCC(C(=O)O)C(c2ccc(F)cc2)C1. The van der Waals surface area contributed by atoms with Crippen molar-refractivity contribution in [3.05, 3.63) is 35.6 Å². The number of carboxylic acids is 1. The van der Waals surface area contributed by atoms with Gasteiger partial charge >= 0.3 is 5.97 Å². The topological polar surface area (TPSA) is 37.3 Å². The number of hydrogen-bond acceptors (Lipinski definition) is 1. The summed E-state index contributed by atoms with van der Waals surface area (Å²) in [5, 5.41) is 9.44. The first kappa shape index (κ1) is 15.0. The van der Waals surface area contributed by atoms with Gasteiger partial charge in [0.05, 0.1) is 5.92 Å². The molecule has 0 aliphatic heterocycles. The van der Waals surface area contributed by atoms with E-state index in [2.05, 4.69) is 20.8 Å². The summed E-state index contributed by atoms with van der Waals surface area (Å²) in [6.07, 6.45) is 2.53. The summed E-state index contributed by atoms with van der Waals surface area (Å²) in [5.41, 5.74) is 1.13. The normalized spacial score (nSPS) is 27.3. The van der Waals surface area contributed by atoms with Crippen molar-refractivity contribution in [2.45, 2.75) is 46.0 Å². The molecule has 0 amide bonds. The molecule has 0 heterocycles. The standard InChI is InChI=1S/C17H23FO2/c1-17(2,3)12-6-9-14(16(19)20)15(10-12)11-4-7-13(18)8-5-11/h4-5,7-8,12,14-15H,6,9-10H2,1-3H3,(H,19,20). The molecule has 1 aliphatic rings. The maximum Gasteiger partial charge on any atom is 0.307 e. The molecule has 3 unspecified atom stereocenters. The van der Waals surface area contributed by atoms with Gasteiger partial charge in [-0.3, -0.25) is 4.79 Å². The fraction of sp³-hybridized carbons (Fsp3) is 0.588. The lowest BCUT2D eigenvalue weighted by molar-refractivity contribution is -0.144. The van der Waals surface area contributed by atoms with Crippen molar-refractivity contribution in [3.63, 3.8) is 0 Å². The van der Waals surface area contributed by atoms with Crippen molar-refractivity contribution in [1.82, 2.24) is 0 Å². The Labute approximate surface area is 120 Å². The van der Waals surface area contributed by atoms with Gasteiger partial charge in [0.2, 0.25) is 0 Å². The van der Waals surface area contributed by atoms with Crippen molar-refractivity contribution in [2.24, 2.45) is 17.3 Å². The second-order valence-corrected chi connectivity index (χ2v) is 6.98. The zero-order valence-electron chi connectivity index (χ0n) is 12.4. The van der Waals surface area contributed by atoms with E-state index in [0.29, 0.717) is 12.3 Å². The van der Waals surface area contributed by atoms with Crippen molar-refractivity contribution in [3.8, 4) is 0 Å². The van der Waals surface area contributed by atoms with Gasteiger partial charge in [0.15, 0.2) is 0 Å². The second kappa shape index (κ2) is 5.55. The predicted molar refractivity (Wildman–Crippen MR) is 77.1 cm³/mol. The Hall–Kier alpha value is -1.38. The Balaban J connectivity index is 2.27. The number of aliphatic carboxylic acids is 1. The Morgan fingerprint density at radius 3 is 2.30 bits per heavy atom. The van der Waals surface area contributed by atoms with Crippen LogP contribution in [0, 0.1) is 23.1 Å². The van der Waals surface area contributed by atoms with E-state index in [1.165, 1.54) is 12.1 Å². The first-order valence-corrected chi connectivity index (χ1v) is 7.27. The molecule has 0 spiro atoms. The molecule has 3 heteroatoms. The van der Waals surface area contributed by atoms with Gasteiger partial charge in [0, 0.05) is 0 Å². The lowest BCUT2D eigenvalue weighted by Crippen LogP contribution is -2.34. The molecular formula is C17H23FO2. The molecule has 2 nitrogen and oxygen atoms in total. The highest BCUT2D eigenvalue weighted by Crippen LogP contribution is 2.46. The highest BCUT2D eigenvalue weighted by molar-refractivity contribution is 5.71. The van der Waals surface area contributed by atoms with Crippen LogP contribution < -0.4 is 0 Å². The van der Waals surface area contributed by atoms with E-state index in [1.54, 1.807) is 12.1 Å². The Morgan fingerprint density at radius 1 is 1.20 bits per heavy atom. The first-order chi connectivity index (χ1) is 9.29. The minimum absolute atomic E-state index is 0.00826. The van der Waals surface area contributed by atoms with E-state index in [-0.39, 0.29) is 23.1 Å². The van der Waals surface area contributed by atoms with Gasteiger partial charge in [0.25, 0.3) is 0 Å². The summed E-state index contributed by atoms with van der Waals surface area (Å²) < 4.78 is 13.1. The maximum atomic E-state index is 13.1. The molecule has 0 bridgehead atoms. The third-order valence-corrected chi connectivity index (χ3v) is 4.69. The smallest absolute Gasteiger partial charge is 0.307 e. The fourth-order valence-electron chi connectivity index (χ4n) is 3.33. The molecule has 1 fully saturated rings. The second-order valence-electron chi connectivity index (χ2n) is 6.98. The molecule has 1 aromatic rings. The van der Waals surface area contributed by atoms with E-state index in [9.17, 15) is 14.3 Å². The molecule has 1 aromatic carbocycles. The van der Waals surface area contributed by atoms with Gasteiger partial charge in [-0.2, -0.15) is 0 Å². The number of benzene rings is 1. The predicted octanol–water partition coefficient (Wildman–Crippen LogP) is 4.46. The highest BCUT2D eigenvalue weighted by Gasteiger charge is 2.39. The van der Waals surface area contributed by atoms with Crippen LogP contribution in [-0.4, -0.2) is 11.1 Å². The molecule has 0 aromatic heterocycles. The van der Waals surface area contributed by atoms with Crippen LogP contribution in [0.4, 0.5) is 4.39 Å². The third kappa shape index (κ3) is 3.20. The van der Waals surface area contributed by atoms with Gasteiger partial charge in [0.1, 0.15) is 5.82 Å². The van der Waals surface area contributed by atoms with E-state index < -0.39 is 5.97 Å². The van der Waals surface area contributed by atoms with Gasteiger partial charge in [-0.1, -0.05) is 32.9 Å². The first-order valence-electron chi connectivity index (χ1n) is 7.27. The van der Waals surface area contributed by atoms with Crippen molar-refractivity contribution >= 4 is 5.97 Å². The maximum absolute atomic E-state index is 13.1. The van der Waals surface area contributed by atoms with Gasteiger partial charge in [-0.05, 0) is 54.2 Å². The van der Waals surface area contributed by atoms with Crippen LogP contribution in [0.5, 0.6) is 0 Å². The summed E-state index contributed by atoms with van der Waals surface area (Å²) in [4.78, 5) is 11.5. The molecule has 1 N–H and O–H groups in total. The van der Waals surface area contributed by atoms with E-state index in [4.69, 9.17) is 0 Å². The van der Waals surface area contributed by atoms with Crippen molar-refractivity contribution < 1.29 is 14.3 Å². The zero-order chi connectivity index (χ0) is 14.9. The van der Waals surface area contributed by atoms with Crippen LogP contribution in [0.25, 0.3) is 0 Å². The van der Waals surface area contributed by atoms with Crippen LogP contribution in [0.2, 0.25) is 0 Å². The number of hydrogen-bond donors (Lipinski definition) is 1. The molecule has 110 valence electrons. The van der Waals surface area contributed by atoms with E-state index in [0.717, 1.165) is 18.4 Å². The monoisotopic (exact) mass is 278 g/mol. The zero-order valence-corrected chi connectivity index (χ0v) is 12.4. The summed E-state index contributed by atoms with van der Waals surface area (Å²) >= 11 is 0. The Kier molecular flexibility index (Phi) is 4.17. The molecule has 0 saturated heterocycles. The molecule has 0 radical (unpaired) electrons. The van der Waals surface area contributed by atoms with Crippen LogP contribution in [0.15, 0.2) is 24.3 Å². The average Bonchev–Trinajstić information content (AvgIpc) is 2.37. The molecule has 20 heavy (non-hydrogen) atoms. The van der Waals surface area contributed by atoms with E-state index >= 15 is 0 Å². The van der Waals surface area contributed by atoms with Crippen molar-refractivity contribution in [1.29, 1.82) is 0 Å². The average molecular weight is 278 g/mol. The van der Waals surface area contributed by atoms with Gasteiger partial charge < -0.3 is 5.11 Å². The molecule has 1 saturated carbocycles.